The molecular weight excluding hydrogens is 262 g/mol. The molecule has 0 saturated carbocycles. The molecule has 1 aromatic carbocycles. The summed E-state index contributed by atoms with van der Waals surface area (Å²) in [5, 5.41) is 9.09. The van der Waals surface area contributed by atoms with Crippen LogP contribution >= 0.6 is 0 Å². The zero-order valence-corrected chi connectivity index (χ0v) is 11.5. The molecule has 0 spiro atoms. The molecule has 0 bridgehead atoms. The lowest BCUT2D eigenvalue weighted by Gasteiger charge is -2.21. The fourth-order valence-corrected chi connectivity index (χ4v) is 1.77. The van der Waals surface area contributed by atoms with Crippen molar-refractivity contribution >= 4 is 17.8 Å². The van der Waals surface area contributed by atoms with Gasteiger partial charge < -0.3 is 14.7 Å². The number of carboxylic acid groups (broad SMARTS) is 1. The van der Waals surface area contributed by atoms with Gasteiger partial charge in [0.05, 0.1) is 18.2 Å². The Labute approximate surface area is 117 Å². The van der Waals surface area contributed by atoms with E-state index < -0.39 is 17.8 Å². The minimum absolute atomic E-state index is 0.0670. The minimum atomic E-state index is -1.18. The number of carboxylic acids is 1. The number of methoxy groups -OCH3 is 1. The van der Waals surface area contributed by atoms with E-state index in [2.05, 4.69) is 4.74 Å². The Bertz CT molecular complexity index is 512. The summed E-state index contributed by atoms with van der Waals surface area (Å²) in [4.78, 5) is 36.1. The summed E-state index contributed by atoms with van der Waals surface area (Å²) >= 11 is 0. The largest absolute Gasteiger partial charge is 0.478 e. The van der Waals surface area contributed by atoms with Gasteiger partial charge in [0.25, 0.3) is 5.91 Å². The summed E-state index contributed by atoms with van der Waals surface area (Å²) in [7, 11) is 1.24. The van der Waals surface area contributed by atoms with Gasteiger partial charge in [0, 0.05) is 6.54 Å². The molecule has 0 aliphatic carbocycles. The fourth-order valence-electron chi connectivity index (χ4n) is 1.77. The van der Waals surface area contributed by atoms with Gasteiger partial charge in [-0.2, -0.15) is 0 Å². The summed E-state index contributed by atoms with van der Waals surface area (Å²) in [6.45, 7) is 2.01. The van der Waals surface area contributed by atoms with Gasteiger partial charge in [-0.05, 0) is 18.6 Å². The third-order valence-electron chi connectivity index (χ3n) is 2.72. The van der Waals surface area contributed by atoms with E-state index in [9.17, 15) is 14.4 Å². The van der Waals surface area contributed by atoms with Crippen molar-refractivity contribution in [1.82, 2.24) is 4.90 Å². The number of benzene rings is 1. The van der Waals surface area contributed by atoms with Crippen molar-refractivity contribution in [3.05, 3.63) is 35.4 Å². The number of rotatable bonds is 6. The molecule has 0 atom stereocenters. The SMILES string of the molecule is CCCN(CC(=O)OC)C(=O)c1ccccc1C(=O)O. The molecule has 1 N–H and O–H groups in total. The number of hydrogen-bond donors (Lipinski definition) is 1. The van der Waals surface area contributed by atoms with E-state index in [1.54, 1.807) is 12.1 Å². The smallest absolute Gasteiger partial charge is 0.336 e. The lowest BCUT2D eigenvalue weighted by molar-refractivity contribution is -0.141. The minimum Gasteiger partial charge on any atom is -0.478 e. The molecule has 1 amide bonds. The predicted molar refractivity (Wildman–Crippen MR) is 71.6 cm³/mol. The number of nitrogens with zero attached hydrogens (tertiary/aromatic N) is 1. The number of ether oxygens (including phenoxy) is 1. The van der Waals surface area contributed by atoms with E-state index in [1.807, 2.05) is 6.92 Å². The second-order valence-electron chi connectivity index (χ2n) is 4.15. The van der Waals surface area contributed by atoms with Crippen LogP contribution < -0.4 is 0 Å². The third kappa shape index (κ3) is 3.81. The lowest BCUT2D eigenvalue weighted by Crippen LogP contribution is -2.37. The lowest BCUT2D eigenvalue weighted by atomic mass is 10.1. The number of aromatic carboxylic acids is 1. The molecule has 0 radical (unpaired) electrons. The Morgan fingerprint density at radius 2 is 1.80 bits per heavy atom. The first kappa shape index (κ1) is 15.7. The van der Waals surface area contributed by atoms with Crippen molar-refractivity contribution in [2.75, 3.05) is 20.2 Å². The van der Waals surface area contributed by atoms with Crippen LogP contribution in [-0.4, -0.2) is 48.1 Å². The van der Waals surface area contributed by atoms with Gasteiger partial charge in [-0.25, -0.2) is 4.79 Å². The Kier molecular flexibility index (Phi) is 5.71. The number of esters is 1. The molecule has 6 heteroatoms. The maximum absolute atomic E-state index is 12.4. The zero-order chi connectivity index (χ0) is 15.1. The monoisotopic (exact) mass is 279 g/mol. The van der Waals surface area contributed by atoms with Gasteiger partial charge >= 0.3 is 11.9 Å². The Balaban J connectivity index is 3.06. The fraction of sp³-hybridized carbons (Fsp3) is 0.357. The van der Waals surface area contributed by atoms with Crippen LogP contribution in [0.4, 0.5) is 0 Å². The van der Waals surface area contributed by atoms with Crippen molar-refractivity contribution < 1.29 is 24.2 Å². The van der Waals surface area contributed by atoms with Crippen molar-refractivity contribution in [2.24, 2.45) is 0 Å². The highest BCUT2D eigenvalue weighted by Crippen LogP contribution is 2.12. The molecule has 0 aromatic heterocycles. The van der Waals surface area contributed by atoms with Gasteiger partial charge in [0.15, 0.2) is 0 Å². The summed E-state index contributed by atoms with van der Waals surface area (Å²) < 4.78 is 4.54. The number of hydrogen-bond acceptors (Lipinski definition) is 4. The predicted octanol–water partition coefficient (Wildman–Crippen LogP) is 1.41. The molecule has 0 saturated heterocycles. The van der Waals surface area contributed by atoms with Gasteiger partial charge in [0.2, 0.25) is 0 Å². The van der Waals surface area contributed by atoms with Crippen LogP contribution in [0.2, 0.25) is 0 Å². The molecule has 1 aromatic rings. The molecular formula is C14H17NO5. The second kappa shape index (κ2) is 7.28. The van der Waals surface area contributed by atoms with E-state index in [0.717, 1.165) is 0 Å². The second-order valence-corrected chi connectivity index (χ2v) is 4.15. The quantitative estimate of drug-likeness (QED) is 0.796. The van der Waals surface area contributed by atoms with Crippen LogP contribution in [0, 0.1) is 0 Å². The van der Waals surface area contributed by atoms with Crippen LogP contribution in [0.1, 0.15) is 34.1 Å². The molecule has 108 valence electrons. The van der Waals surface area contributed by atoms with Crippen LogP contribution in [0.5, 0.6) is 0 Å². The molecule has 0 fully saturated rings. The molecule has 6 nitrogen and oxygen atoms in total. The third-order valence-corrected chi connectivity index (χ3v) is 2.72. The van der Waals surface area contributed by atoms with Gasteiger partial charge in [-0.15, -0.1) is 0 Å². The standard InChI is InChI=1S/C14H17NO5/c1-3-8-15(9-12(16)20-2)13(17)10-6-4-5-7-11(10)14(18)19/h4-7H,3,8-9H2,1-2H3,(H,18,19). The summed E-state index contributed by atoms with van der Waals surface area (Å²) in [6, 6.07) is 5.93. The van der Waals surface area contributed by atoms with Crippen LogP contribution in [0.25, 0.3) is 0 Å². The average Bonchev–Trinajstić information content (AvgIpc) is 2.45. The first-order chi connectivity index (χ1) is 9.51. The molecule has 0 aliphatic rings. The number of carbonyl (C=O) groups is 3. The van der Waals surface area contributed by atoms with Crippen molar-refractivity contribution in [2.45, 2.75) is 13.3 Å². The Morgan fingerprint density at radius 1 is 1.20 bits per heavy atom. The summed E-state index contributed by atoms with van der Waals surface area (Å²) in [5.41, 5.74) is -0.0131. The molecule has 20 heavy (non-hydrogen) atoms. The molecule has 0 heterocycles. The zero-order valence-electron chi connectivity index (χ0n) is 11.5. The van der Waals surface area contributed by atoms with Crippen molar-refractivity contribution in [3.8, 4) is 0 Å². The van der Waals surface area contributed by atoms with E-state index in [1.165, 1.54) is 24.1 Å². The molecule has 0 aliphatic heterocycles. The maximum atomic E-state index is 12.4. The van der Waals surface area contributed by atoms with Crippen molar-refractivity contribution in [1.29, 1.82) is 0 Å². The molecule has 0 unspecified atom stereocenters. The van der Waals surface area contributed by atoms with Gasteiger partial charge in [-0.1, -0.05) is 19.1 Å². The van der Waals surface area contributed by atoms with E-state index in [0.29, 0.717) is 13.0 Å². The average molecular weight is 279 g/mol. The van der Waals surface area contributed by atoms with Gasteiger partial charge in [-0.3, -0.25) is 9.59 Å². The van der Waals surface area contributed by atoms with E-state index in [4.69, 9.17) is 5.11 Å². The number of amides is 1. The van der Waals surface area contributed by atoms with Crippen LogP contribution in [-0.2, 0) is 9.53 Å². The first-order valence-electron chi connectivity index (χ1n) is 6.19. The van der Waals surface area contributed by atoms with Crippen LogP contribution in [0.3, 0.4) is 0 Å². The summed E-state index contributed by atoms with van der Waals surface area (Å²) in [6.07, 6.45) is 0.651. The molecule has 1 rings (SSSR count). The van der Waals surface area contributed by atoms with Gasteiger partial charge in [0.1, 0.15) is 6.54 Å². The van der Waals surface area contributed by atoms with E-state index in [-0.39, 0.29) is 17.7 Å². The topological polar surface area (TPSA) is 83.9 Å². The number of carbonyl (C=O) groups excluding carboxylic acids is 2. The van der Waals surface area contributed by atoms with Crippen LogP contribution in [0.15, 0.2) is 24.3 Å². The Morgan fingerprint density at radius 3 is 2.30 bits per heavy atom. The maximum Gasteiger partial charge on any atom is 0.336 e. The first-order valence-corrected chi connectivity index (χ1v) is 6.19. The summed E-state index contributed by atoms with van der Waals surface area (Å²) in [5.74, 6) is -2.21. The highest BCUT2D eigenvalue weighted by atomic mass is 16.5. The highest BCUT2D eigenvalue weighted by Gasteiger charge is 2.22. The van der Waals surface area contributed by atoms with Crippen molar-refractivity contribution in [3.63, 3.8) is 0 Å². The van der Waals surface area contributed by atoms with E-state index >= 15 is 0 Å². The normalized spacial score (nSPS) is 9.90. The highest BCUT2D eigenvalue weighted by molar-refractivity contribution is 6.05. The Hall–Kier alpha value is -2.37.